The molecule has 1 aliphatic heterocycles. The van der Waals surface area contributed by atoms with Crippen LogP contribution in [-0.2, 0) is 23.9 Å². The molecular weight excluding hydrogens is 264 g/mol. The van der Waals surface area contributed by atoms with Crippen LogP contribution in [0.4, 0.5) is 0 Å². The molecule has 3 rings (SSSR count). The van der Waals surface area contributed by atoms with E-state index in [1.54, 1.807) is 6.92 Å². The summed E-state index contributed by atoms with van der Waals surface area (Å²) in [5.74, 6) is -2.70. The van der Waals surface area contributed by atoms with E-state index < -0.39 is 29.6 Å². The highest BCUT2D eigenvalue weighted by Gasteiger charge is 2.75. The molecule has 3 aliphatic rings. The third kappa shape index (κ3) is 1.47. The Labute approximate surface area is 116 Å². The highest BCUT2D eigenvalue weighted by molar-refractivity contribution is 6.02. The van der Waals surface area contributed by atoms with Gasteiger partial charge in [0, 0.05) is 11.8 Å². The van der Waals surface area contributed by atoms with Crippen LogP contribution >= 0.6 is 0 Å². The minimum atomic E-state index is -1.39. The Morgan fingerprint density at radius 3 is 2.85 bits per heavy atom. The van der Waals surface area contributed by atoms with Gasteiger partial charge in [-0.2, -0.15) is 0 Å². The number of rotatable bonds is 4. The van der Waals surface area contributed by atoms with Crippen LogP contribution < -0.4 is 0 Å². The number of carbonyl (C=O) groups is 3. The average molecular weight is 282 g/mol. The molecule has 110 valence electrons. The Morgan fingerprint density at radius 1 is 1.55 bits per heavy atom. The van der Waals surface area contributed by atoms with E-state index in [1.165, 1.54) is 0 Å². The predicted octanol–water partition coefficient (Wildman–Crippen LogP) is 0.980. The zero-order chi connectivity index (χ0) is 14.7. The van der Waals surface area contributed by atoms with Crippen molar-refractivity contribution in [3.63, 3.8) is 0 Å². The van der Waals surface area contributed by atoms with Crippen molar-refractivity contribution in [1.82, 2.24) is 0 Å². The first-order valence-electron chi connectivity index (χ1n) is 7.06. The molecule has 3 fully saturated rings. The molecule has 0 aromatic heterocycles. The van der Waals surface area contributed by atoms with Crippen LogP contribution in [0.15, 0.2) is 0 Å². The number of aliphatic carboxylic acids is 1. The molecule has 2 aliphatic carbocycles. The van der Waals surface area contributed by atoms with Gasteiger partial charge < -0.3 is 14.6 Å². The van der Waals surface area contributed by atoms with Gasteiger partial charge in [0.05, 0.1) is 5.92 Å². The maximum Gasteiger partial charge on any atom is 0.324 e. The fourth-order valence-electron chi connectivity index (χ4n) is 3.86. The zero-order valence-electron chi connectivity index (χ0n) is 11.5. The number of carbonyl (C=O) groups excluding carboxylic acids is 2. The Kier molecular flexibility index (Phi) is 2.81. The van der Waals surface area contributed by atoms with Crippen molar-refractivity contribution >= 4 is 17.9 Å². The zero-order valence-corrected chi connectivity index (χ0v) is 11.5. The molecule has 6 atom stereocenters. The summed E-state index contributed by atoms with van der Waals surface area (Å²) in [6, 6.07) is 0. The molecule has 20 heavy (non-hydrogen) atoms. The van der Waals surface area contributed by atoms with Crippen LogP contribution in [-0.4, -0.2) is 35.2 Å². The molecule has 0 aromatic carbocycles. The van der Waals surface area contributed by atoms with E-state index >= 15 is 0 Å². The Bertz CT molecular complexity index is 486. The highest BCUT2D eigenvalue weighted by Crippen LogP contribution is 2.62. The van der Waals surface area contributed by atoms with E-state index in [4.69, 9.17) is 9.47 Å². The van der Waals surface area contributed by atoms with Crippen LogP contribution in [0.25, 0.3) is 0 Å². The molecule has 0 aromatic rings. The molecule has 0 spiro atoms. The lowest BCUT2D eigenvalue weighted by atomic mass is 9.73. The topological polar surface area (TPSA) is 89.9 Å². The molecule has 1 heterocycles. The summed E-state index contributed by atoms with van der Waals surface area (Å²) in [7, 11) is 0. The number of hydrogen-bond donors (Lipinski definition) is 1. The Balaban J connectivity index is 1.80. The van der Waals surface area contributed by atoms with Crippen molar-refractivity contribution in [3.8, 4) is 0 Å². The molecule has 0 amide bonds. The van der Waals surface area contributed by atoms with Crippen LogP contribution in [0.5, 0.6) is 0 Å². The Hall–Kier alpha value is -1.59. The normalized spacial score (nSPS) is 42.4. The predicted molar refractivity (Wildman–Crippen MR) is 65.5 cm³/mol. The first kappa shape index (κ1) is 13.4. The first-order chi connectivity index (χ1) is 9.41. The summed E-state index contributed by atoms with van der Waals surface area (Å²) in [5, 5.41) is 9.37. The Morgan fingerprint density at radius 2 is 2.25 bits per heavy atom. The SMILES string of the molecule is CCC(C)C(=O)OC1C2CC3C1OC(=O)C3(C(=O)O)C2. The van der Waals surface area contributed by atoms with Crippen LogP contribution in [0, 0.1) is 23.2 Å². The van der Waals surface area contributed by atoms with E-state index in [-0.39, 0.29) is 30.1 Å². The van der Waals surface area contributed by atoms with Crippen molar-refractivity contribution < 1.29 is 29.0 Å². The van der Waals surface area contributed by atoms with E-state index in [9.17, 15) is 19.5 Å². The first-order valence-corrected chi connectivity index (χ1v) is 7.06. The molecule has 2 saturated carbocycles. The van der Waals surface area contributed by atoms with E-state index in [0.29, 0.717) is 12.8 Å². The standard InChI is InChI=1S/C14H18O6/c1-3-6(2)11(15)19-9-7-4-8-10(9)20-13(18)14(8,5-7)12(16)17/h6-10H,3-5H2,1-2H3,(H,16,17). The van der Waals surface area contributed by atoms with Crippen molar-refractivity contribution in [2.24, 2.45) is 23.2 Å². The van der Waals surface area contributed by atoms with Gasteiger partial charge in [-0.05, 0) is 19.3 Å². The number of carboxylic acid groups (broad SMARTS) is 1. The number of carboxylic acids is 1. The molecule has 6 unspecified atom stereocenters. The van der Waals surface area contributed by atoms with Gasteiger partial charge in [0.25, 0.3) is 0 Å². The maximum atomic E-state index is 11.9. The van der Waals surface area contributed by atoms with Gasteiger partial charge in [-0.1, -0.05) is 13.8 Å². The van der Waals surface area contributed by atoms with Gasteiger partial charge in [-0.25, -0.2) is 0 Å². The third-order valence-electron chi connectivity index (χ3n) is 5.21. The lowest BCUT2D eigenvalue weighted by Gasteiger charge is -2.29. The third-order valence-corrected chi connectivity index (χ3v) is 5.21. The van der Waals surface area contributed by atoms with Gasteiger partial charge in [0.1, 0.15) is 12.2 Å². The second kappa shape index (κ2) is 4.20. The van der Waals surface area contributed by atoms with Crippen molar-refractivity contribution in [2.45, 2.75) is 45.3 Å². The molecular formula is C14H18O6. The van der Waals surface area contributed by atoms with Gasteiger partial charge in [-0.15, -0.1) is 0 Å². The summed E-state index contributed by atoms with van der Waals surface area (Å²) in [4.78, 5) is 35.3. The molecule has 1 saturated heterocycles. The molecule has 2 bridgehead atoms. The van der Waals surface area contributed by atoms with Gasteiger partial charge >= 0.3 is 17.9 Å². The molecule has 6 nitrogen and oxygen atoms in total. The number of ether oxygens (including phenoxy) is 2. The maximum absolute atomic E-state index is 11.9. The summed E-state index contributed by atoms with van der Waals surface area (Å²) >= 11 is 0. The minimum absolute atomic E-state index is 0.0828. The van der Waals surface area contributed by atoms with Crippen LogP contribution in [0.1, 0.15) is 33.1 Å². The largest absolute Gasteiger partial charge is 0.480 e. The fourth-order valence-corrected chi connectivity index (χ4v) is 3.86. The smallest absolute Gasteiger partial charge is 0.324 e. The lowest BCUT2D eigenvalue weighted by Crippen LogP contribution is -2.45. The second-order valence-corrected chi connectivity index (χ2v) is 6.16. The monoisotopic (exact) mass is 282 g/mol. The van der Waals surface area contributed by atoms with E-state index in [1.807, 2.05) is 6.92 Å². The molecule has 0 radical (unpaired) electrons. The van der Waals surface area contributed by atoms with Gasteiger partial charge in [0.2, 0.25) is 0 Å². The van der Waals surface area contributed by atoms with Gasteiger partial charge in [-0.3, -0.25) is 14.4 Å². The number of fused-ring (bicyclic) bond motifs is 1. The summed E-state index contributed by atoms with van der Waals surface area (Å²) in [6.07, 6.45) is 0.441. The minimum Gasteiger partial charge on any atom is -0.480 e. The van der Waals surface area contributed by atoms with Crippen molar-refractivity contribution in [2.75, 3.05) is 0 Å². The van der Waals surface area contributed by atoms with Crippen molar-refractivity contribution in [3.05, 3.63) is 0 Å². The van der Waals surface area contributed by atoms with Gasteiger partial charge in [0.15, 0.2) is 5.41 Å². The van der Waals surface area contributed by atoms with Crippen LogP contribution in [0.2, 0.25) is 0 Å². The number of hydrogen-bond acceptors (Lipinski definition) is 5. The van der Waals surface area contributed by atoms with Crippen LogP contribution in [0.3, 0.4) is 0 Å². The van der Waals surface area contributed by atoms with E-state index in [2.05, 4.69) is 0 Å². The quantitative estimate of drug-likeness (QED) is 0.610. The summed E-state index contributed by atoms with van der Waals surface area (Å²) in [6.45, 7) is 3.69. The fraction of sp³-hybridized carbons (Fsp3) is 0.786. The average Bonchev–Trinajstić information content (AvgIpc) is 2.99. The van der Waals surface area contributed by atoms with Crippen molar-refractivity contribution in [1.29, 1.82) is 0 Å². The number of esters is 2. The highest BCUT2D eigenvalue weighted by atomic mass is 16.6. The molecule has 6 heteroatoms. The van der Waals surface area contributed by atoms with E-state index in [0.717, 1.165) is 0 Å². The summed E-state index contributed by atoms with van der Waals surface area (Å²) in [5.41, 5.74) is -1.39. The molecule has 1 N–H and O–H groups in total. The second-order valence-electron chi connectivity index (χ2n) is 6.16. The summed E-state index contributed by atoms with van der Waals surface area (Å²) < 4.78 is 10.7. The lowest BCUT2D eigenvalue weighted by molar-refractivity contribution is -0.165.